The van der Waals surface area contributed by atoms with Crippen molar-refractivity contribution in [3.63, 3.8) is 0 Å². The highest BCUT2D eigenvalue weighted by Gasteiger charge is 2.16. The van der Waals surface area contributed by atoms with Gasteiger partial charge in [0.05, 0.1) is 0 Å². The second kappa shape index (κ2) is 14.8. The van der Waals surface area contributed by atoms with E-state index < -0.39 is 5.97 Å². The second-order valence-electron chi connectivity index (χ2n) is 7.28. The predicted octanol–water partition coefficient (Wildman–Crippen LogP) is 6.76. The van der Waals surface area contributed by atoms with Gasteiger partial charge in [0.25, 0.3) is 0 Å². The molecule has 3 N–H and O–H groups in total. The molecule has 0 radical (unpaired) electrons. The number of aromatic hydroxyl groups is 2. The Hall–Kier alpha value is -2.23. The molecule has 1 rings (SSSR count). The average molecular weight is 389 g/mol. The number of aryl methyl sites for hydroxylation is 1. The fourth-order valence-corrected chi connectivity index (χ4v) is 3.24. The maximum absolute atomic E-state index is 11.3. The van der Waals surface area contributed by atoms with E-state index in [0.717, 1.165) is 44.6 Å². The van der Waals surface area contributed by atoms with Crippen LogP contribution in [0.3, 0.4) is 0 Å². The van der Waals surface area contributed by atoms with Crippen molar-refractivity contribution in [2.45, 2.75) is 84.0 Å². The highest BCUT2D eigenvalue weighted by Crippen LogP contribution is 2.28. The van der Waals surface area contributed by atoms with E-state index in [2.05, 4.69) is 31.2 Å². The summed E-state index contributed by atoms with van der Waals surface area (Å²) in [5.41, 5.74) is 0.401. The zero-order valence-electron chi connectivity index (χ0n) is 17.2. The Morgan fingerprint density at radius 1 is 0.857 bits per heavy atom. The quantitative estimate of drug-likeness (QED) is 0.229. The number of aromatic carboxylic acids is 1. The van der Waals surface area contributed by atoms with Gasteiger partial charge >= 0.3 is 5.97 Å². The zero-order chi connectivity index (χ0) is 20.6. The maximum atomic E-state index is 11.3. The lowest BCUT2D eigenvalue weighted by molar-refractivity contribution is 0.0692. The number of phenols is 2. The van der Waals surface area contributed by atoms with Crippen molar-refractivity contribution in [3.8, 4) is 11.5 Å². The number of carbonyl (C=O) groups is 1. The van der Waals surface area contributed by atoms with Crippen LogP contribution in [0, 0.1) is 0 Å². The van der Waals surface area contributed by atoms with Gasteiger partial charge in [0.2, 0.25) is 0 Å². The number of unbranched alkanes of at least 4 members (excludes halogenated alkanes) is 8. The molecule has 0 unspecified atom stereocenters. The summed E-state index contributed by atoms with van der Waals surface area (Å²) in [6.45, 7) is 2.22. The average Bonchev–Trinajstić information content (AvgIpc) is 2.64. The molecule has 4 nitrogen and oxygen atoms in total. The Labute approximate surface area is 169 Å². The standard InChI is InChI=1S/C24H36O4/c1-2-3-4-5-6-7-8-9-10-11-12-13-14-15-16-17-20-18-21(25)19-22(26)23(20)24(27)28/h6-7,9-10,18-19,25-26H,2-5,8,11-17H2,1H3,(H,27,28). The van der Waals surface area contributed by atoms with Gasteiger partial charge in [-0.25, -0.2) is 4.79 Å². The molecular weight excluding hydrogens is 352 g/mol. The van der Waals surface area contributed by atoms with Crippen LogP contribution >= 0.6 is 0 Å². The van der Waals surface area contributed by atoms with Crippen LogP contribution in [0.1, 0.15) is 93.5 Å². The van der Waals surface area contributed by atoms with E-state index in [0.29, 0.717) is 12.0 Å². The van der Waals surface area contributed by atoms with Crippen molar-refractivity contribution >= 4 is 5.97 Å². The molecule has 0 aliphatic heterocycles. The Morgan fingerprint density at radius 2 is 1.46 bits per heavy atom. The van der Waals surface area contributed by atoms with E-state index >= 15 is 0 Å². The Kier molecular flexibility index (Phi) is 12.6. The fourth-order valence-electron chi connectivity index (χ4n) is 3.24. The Bertz CT molecular complexity index is 632. The molecule has 28 heavy (non-hydrogen) atoms. The number of carboxylic acids is 1. The molecule has 0 aliphatic rings. The molecule has 0 saturated carbocycles. The lowest BCUT2D eigenvalue weighted by Crippen LogP contribution is -2.03. The van der Waals surface area contributed by atoms with Crippen LogP contribution in [0.25, 0.3) is 0 Å². The predicted molar refractivity (Wildman–Crippen MR) is 115 cm³/mol. The van der Waals surface area contributed by atoms with E-state index in [1.807, 2.05) is 0 Å². The summed E-state index contributed by atoms with van der Waals surface area (Å²) in [6, 6.07) is 2.51. The zero-order valence-corrected chi connectivity index (χ0v) is 17.2. The first-order valence-electron chi connectivity index (χ1n) is 10.6. The van der Waals surface area contributed by atoms with Crippen LogP contribution in [0.2, 0.25) is 0 Å². The third kappa shape index (κ3) is 10.2. The molecule has 0 fully saturated rings. The second-order valence-corrected chi connectivity index (χ2v) is 7.28. The van der Waals surface area contributed by atoms with Crippen LogP contribution in [-0.2, 0) is 6.42 Å². The minimum Gasteiger partial charge on any atom is -0.508 e. The van der Waals surface area contributed by atoms with Crippen molar-refractivity contribution in [1.82, 2.24) is 0 Å². The summed E-state index contributed by atoms with van der Waals surface area (Å²) in [5, 5.41) is 28.5. The van der Waals surface area contributed by atoms with Gasteiger partial charge in [-0.1, -0.05) is 63.3 Å². The Morgan fingerprint density at radius 3 is 2.11 bits per heavy atom. The molecule has 0 amide bonds. The number of phenolic OH excluding ortho intramolecular Hbond substituents is 1. The van der Waals surface area contributed by atoms with E-state index in [4.69, 9.17) is 0 Å². The number of hydrogen-bond donors (Lipinski definition) is 3. The molecule has 0 saturated heterocycles. The van der Waals surface area contributed by atoms with E-state index in [1.54, 1.807) is 0 Å². The number of rotatable bonds is 15. The monoisotopic (exact) mass is 388 g/mol. The summed E-state index contributed by atoms with van der Waals surface area (Å²) >= 11 is 0. The van der Waals surface area contributed by atoms with E-state index in [9.17, 15) is 20.1 Å². The van der Waals surface area contributed by atoms with Crippen LogP contribution in [-0.4, -0.2) is 21.3 Å². The van der Waals surface area contributed by atoms with Gasteiger partial charge in [0.1, 0.15) is 17.1 Å². The first-order valence-corrected chi connectivity index (χ1v) is 10.6. The minimum absolute atomic E-state index is 0.0950. The number of allylic oxidation sites excluding steroid dienone is 4. The van der Waals surface area contributed by atoms with Gasteiger partial charge in [-0.15, -0.1) is 0 Å². The normalized spacial score (nSPS) is 11.6. The first-order chi connectivity index (χ1) is 13.6. The van der Waals surface area contributed by atoms with Gasteiger partial charge in [0, 0.05) is 6.07 Å². The van der Waals surface area contributed by atoms with Gasteiger partial charge in [0.15, 0.2) is 0 Å². The molecule has 1 aromatic carbocycles. The van der Waals surface area contributed by atoms with Crippen LogP contribution in [0.4, 0.5) is 0 Å². The van der Waals surface area contributed by atoms with Gasteiger partial charge < -0.3 is 15.3 Å². The summed E-state index contributed by atoms with van der Waals surface area (Å²) in [7, 11) is 0. The molecule has 0 heterocycles. The van der Waals surface area contributed by atoms with Crippen molar-refractivity contribution in [1.29, 1.82) is 0 Å². The lowest BCUT2D eigenvalue weighted by Gasteiger charge is -2.09. The number of hydrogen-bond acceptors (Lipinski definition) is 3. The first kappa shape index (κ1) is 23.8. The largest absolute Gasteiger partial charge is 0.508 e. The molecule has 4 heteroatoms. The molecule has 0 aliphatic carbocycles. The summed E-state index contributed by atoms with van der Waals surface area (Å²) in [5.74, 6) is -1.62. The molecular formula is C24H36O4. The van der Waals surface area contributed by atoms with Crippen molar-refractivity contribution < 1.29 is 20.1 Å². The molecule has 156 valence electrons. The smallest absolute Gasteiger partial charge is 0.339 e. The Balaban J connectivity index is 2.11. The minimum atomic E-state index is -1.16. The third-order valence-electron chi connectivity index (χ3n) is 4.79. The van der Waals surface area contributed by atoms with Crippen LogP contribution < -0.4 is 0 Å². The summed E-state index contributed by atoms with van der Waals surface area (Å²) in [6.07, 6.45) is 22.1. The lowest BCUT2D eigenvalue weighted by atomic mass is 9.99. The van der Waals surface area contributed by atoms with Crippen LogP contribution in [0.15, 0.2) is 36.4 Å². The van der Waals surface area contributed by atoms with Gasteiger partial charge in [-0.2, -0.15) is 0 Å². The fraction of sp³-hybridized carbons (Fsp3) is 0.542. The summed E-state index contributed by atoms with van der Waals surface area (Å²) < 4.78 is 0. The molecule has 0 spiro atoms. The molecule has 0 bridgehead atoms. The topological polar surface area (TPSA) is 77.8 Å². The maximum Gasteiger partial charge on any atom is 0.339 e. The van der Waals surface area contributed by atoms with E-state index in [-0.39, 0.29) is 17.1 Å². The number of benzene rings is 1. The molecule has 1 aromatic rings. The summed E-state index contributed by atoms with van der Waals surface area (Å²) in [4.78, 5) is 11.3. The van der Waals surface area contributed by atoms with Crippen molar-refractivity contribution in [2.75, 3.05) is 0 Å². The highest BCUT2D eigenvalue weighted by atomic mass is 16.4. The van der Waals surface area contributed by atoms with Gasteiger partial charge in [-0.05, 0) is 56.6 Å². The molecule has 0 atom stereocenters. The van der Waals surface area contributed by atoms with Crippen molar-refractivity contribution in [3.05, 3.63) is 47.6 Å². The SMILES string of the molecule is CCCCCC=CCC=CCCCCCCCc1cc(O)cc(O)c1C(=O)O. The highest BCUT2D eigenvalue weighted by molar-refractivity contribution is 5.92. The van der Waals surface area contributed by atoms with Crippen molar-refractivity contribution in [2.24, 2.45) is 0 Å². The van der Waals surface area contributed by atoms with E-state index in [1.165, 1.54) is 38.2 Å². The number of carboxylic acid groups (broad SMARTS) is 1. The third-order valence-corrected chi connectivity index (χ3v) is 4.79. The molecule has 0 aromatic heterocycles. The van der Waals surface area contributed by atoms with Gasteiger partial charge in [-0.3, -0.25) is 0 Å². The van der Waals surface area contributed by atoms with Crippen LogP contribution in [0.5, 0.6) is 11.5 Å².